The van der Waals surface area contributed by atoms with Crippen molar-refractivity contribution in [2.45, 2.75) is 45.2 Å². The molecule has 3 aromatic carbocycles. The molecule has 0 fully saturated rings. The van der Waals surface area contributed by atoms with Crippen LogP contribution in [0, 0.1) is 17.2 Å². The molecule has 1 unspecified atom stereocenters. The highest BCUT2D eigenvalue weighted by Crippen LogP contribution is 2.37. The zero-order chi connectivity index (χ0) is 22.1. The van der Waals surface area contributed by atoms with Crippen LogP contribution < -0.4 is 0 Å². The first kappa shape index (κ1) is 23.1. The third kappa shape index (κ3) is 6.20. The van der Waals surface area contributed by atoms with Gasteiger partial charge in [0.15, 0.2) is 0 Å². The molecule has 160 valence electrons. The minimum Gasteiger partial charge on any atom is -0.295 e. The quantitative estimate of drug-likeness (QED) is 0.339. The Labute approximate surface area is 192 Å². The molecular weight excluding hydrogens is 400 g/mol. The van der Waals surface area contributed by atoms with Gasteiger partial charge in [-0.25, -0.2) is 0 Å². The Bertz CT molecular complexity index is 920. The van der Waals surface area contributed by atoms with Crippen LogP contribution in [0.3, 0.4) is 0 Å². The number of halogens is 1. The normalized spacial score (nSPS) is 13.2. The second-order valence-corrected chi connectivity index (χ2v) is 8.97. The summed E-state index contributed by atoms with van der Waals surface area (Å²) in [5, 5.41) is 10.9. The highest BCUT2D eigenvalue weighted by atomic mass is 35.5. The Morgan fingerprint density at radius 1 is 0.839 bits per heavy atom. The summed E-state index contributed by atoms with van der Waals surface area (Å²) in [7, 11) is 0. The second kappa shape index (κ2) is 11.1. The Kier molecular flexibility index (Phi) is 8.29. The summed E-state index contributed by atoms with van der Waals surface area (Å²) in [5.74, 6) is 0.218. The maximum Gasteiger partial charge on any atom is 0.0845 e. The molecule has 0 aliphatic heterocycles. The van der Waals surface area contributed by atoms with Gasteiger partial charge in [-0.2, -0.15) is 5.26 Å². The van der Waals surface area contributed by atoms with Crippen molar-refractivity contribution in [1.29, 1.82) is 5.26 Å². The van der Waals surface area contributed by atoms with Gasteiger partial charge in [0.2, 0.25) is 0 Å². The van der Waals surface area contributed by atoms with Gasteiger partial charge in [-0.05, 0) is 54.1 Å². The first-order chi connectivity index (χ1) is 15.0. The fraction of sp³-hybridized carbons (Fsp3) is 0.321. The summed E-state index contributed by atoms with van der Waals surface area (Å²) in [4.78, 5) is 2.48. The Balaban J connectivity index is 1.74. The third-order valence-electron chi connectivity index (χ3n) is 6.09. The van der Waals surface area contributed by atoms with E-state index in [1.54, 1.807) is 0 Å². The molecule has 3 rings (SSSR count). The van der Waals surface area contributed by atoms with Gasteiger partial charge in [0.05, 0.1) is 11.5 Å². The standard InChI is InChI=1S/C28H31ClN2/c1-23(2)28(22-30,26-14-16-27(29)17-15-26)18-9-19-31(20-24-10-5-3-6-11-24)21-25-12-7-4-8-13-25/h3-8,10-17,23H,9,18-21H2,1-2H3. The largest absolute Gasteiger partial charge is 0.295 e. The molecular formula is C28H31ClN2. The first-order valence-electron chi connectivity index (χ1n) is 11.0. The number of benzene rings is 3. The number of nitrogens with zero attached hydrogens (tertiary/aromatic N) is 2. The summed E-state index contributed by atoms with van der Waals surface area (Å²) in [5.41, 5.74) is 3.18. The maximum atomic E-state index is 10.2. The summed E-state index contributed by atoms with van der Waals surface area (Å²) in [6, 6.07) is 31.7. The van der Waals surface area contributed by atoms with E-state index in [0.29, 0.717) is 5.02 Å². The zero-order valence-corrected chi connectivity index (χ0v) is 19.2. The van der Waals surface area contributed by atoms with Crippen LogP contribution in [0.15, 0.2) is 84.9 Å². The molecule has 0 bridgehead atoms. The Hall–Kier alpha value is -2.60. The van der Waals surface area contributed by atoms with Crippen LogP contribution >= 0.6 is 11.6 Å². The highest BCUT2D eigenvalue weighted by Gasteiger charge is 2.35. The van der Waals surface area contributed by atoms with Gasteiger partial charge in [-0.3, -0.25) is 4.90 Å². The molecule has 3 aromatic rings. The number of rotatable bonds is 10. The van der Waals surface area contributed by atoms with E-state index in [-0.39, 0.29) is 5.92 Å². The molecule has 0 saturated carbocycles. The lowest BCUT2D eigenvalue weighted by molar-refractivity contribution is 0.236. The molecule has 0 aromatic heterocycles. The van der Waals surface area contributed by atoms with Crippen molar-refractivity contribution in [3.8, 4) is 6.07 Å². The predicted octanol–water partition coefficient (Wildman–Crippen LogP) is 7.24. The molecule has 0 amide bonds. The van der Waals surface area contributed by atoms with E-state index < -0.39 is 5.41 Å². The van der Waals surface area contributed by atoms with Crippen molar-refractivity contribution in [3.05, 3.63) is 107 Å². The average Bonchev–Trinajstić information content (AvgIpc) is 2.79. The van der Waals surface area contributed by atoms with Crippen LogP contribution in [0.5, 0.6) is 0 Å². The smallest absolute Gasteiger partial charge is 0.0845 e. The van der Waals surface area contributed by atoms with Crippen molar-refractivity contribution < 1.29 is 0 Å². The number of hydrogen-bond donors (Lipinski definition) is 0. The van der Waals surface area contributed by atoms with Gasteiger partial charge < -0.3 is 0 Å². The van der Waals surface area contributed by atoms with Crippen LogP contribution in [-0.2, 0) is 18.5 Å². The Morgan fingerprint density at radius 2 is 1.35 bits per heavy atom. The topological polar surface area (TPSA) is 27.0 Å². The predicted molar refractivity (Wildman–Crippen MR) is 130 cm³/mol. The fourth-order valence-electron chi connectivity index (χ4n) is 4.24. The molecule has 31 heavy (non-hydrogen) atoms. The van der Waals surface area contributed by atoms with Crippen molar-refractivity contribution in [2.24, 2.45) is 5.92 Å². The van der Waals surface area contributed by atoms with E-state index in [4.69, 9.17) is 11.6 Å². The molecule has 0 spiro atoms. The van der Waals surface area contributed by atoms with E-state index in [9.17, 15) is 5.26 Å². The molecule has 0 radical (unpaired) electrons. The minimum atomic E-state index is -0.504. The van der Waals surface area contributed by atoms with E-state index in [1.165, 1.54) is 11.1 Å². The summed E-state index contributed by atoms with van der Waals surface area (Å²) in [6.07, 6.45) is 1.77. The van der Waals surface area contributed by atoms with E-state index >= 15 is 0 Å². The molecule has 0 N–H and O–H groups in total. The van der Waals surface area contributed by atoms with E-state index in [0.717, 1.165) is 38.0 Å². The second-order valence-electron chi connectivity index (χ2n) is 8.53. The molecule has 0 saturated heterocycles. The van der Waals surface area contributed by atoms with Gasteiger partial charge in [-0.15, -0.1) is 0 Å². The monoisotopic (exact) mass is 430 g/mol. The molecule has 0 aliphatic carbocycles. The van der Waals surface area contributed by atoms with Crippen LogP contribution in [0.1, 0.15) is 43.4 Å². The molecule has 1 atom stereocenters. The zero-order valence-electron chi connectivity index (χ0n) is 18.5. The molecule has 3 heteroatoms. The molecule has 0 heterocycles. The van der Waals surface area contributed by atoms with Gasteiger partial charge >= 0.3 is 0 Å². The lowest BCUT2D eigenvalue weighted by Gasteiger charge is -2.32. The van der Waals surface area contributed by atoms with Crippen molar-refractivity contribution in [1.82, 2.24) is 4.90 Å². The average molecular weight is 431 g/mol. The summed E-state index contributed by atoms with van der Waals surface area (Å²) >= 11 is 6.09. The first-order valence-corrected chi connectivity index (χ1v) is 11.4. The van der Waals surface area contributed by atoms with Crippen molar-refractivity contribution in [3.63, 3.8) is 0 Å². The van der Waals surface area contributed by atoms with Gasteiger partial charge in [0.25, 0.3) is 0 Å². The SMILES string of the molecule is CC(C)C(C#N)(CCCN(Cc1ccccc1)Cc1ccccc1)c1ccc(Cl)cc1. The van der Waals surface area contributed by atoms with Crippen LogP contribution in [0.2, 0.25) is 5.02 Å². The summed E-state index contributed by atoms with van der Waals surface area (Å²) in [6.45, 7) is 7.02. The number of hydrogen-bond acceptors (Lipinski definition) is 2. The van der Waals surface area contributed by atoms with Crippen molar-refractivity contribution in [2.75, 3.05) is 6.54 Å². The maximum absolute atomic E-state index is 10.2. The molecule has 0 aliphatic rings. The van der Waals surface area contributed by atoms with E-state index in [2.05, 4.69) is 85.5 Å². The van der Waals surface area contributed by atoms with Crippen LogP contribution in [0.4, 0.5) is 0 Å². The van der Waals surface area contributed by atoms with E-state index in [1.807, 2.05) is 24.3 Å². The molecule has 2 nitrogen and oxygen atoms in total. The van der Waals surface area contributed by atoms with Gasteiger partial charge in [0, 0.05) is 18.1 Å². The van der Waals surface area contributed by atoms with Gasteiger partial charge in [-0.1, -0.05) is 98.2 Å². The number of nitriles is 1. The van der Waals surface area contributed by atoms with Crippen LogP contribution in [-0.4, -0.2) is 11.4 Å². The summed E-state index contributed by atoms with van der Waals surface area (Å²) < 4.78 is 0. The third-order valence-corrected chi connectivity index (χ3v) is 6.34. The lowest BCUT2D eigenvalue weighted by Crippen LogP contribution is -2.32. The lowest BCUT2D eigenvalue weighted by atomic mass is 9.70. The Morgan fingerprint density at radius 3 is 1.81 bits per heavy atom. The minimum absolute atomic E-state index is 0.218. The van der Waals surface area contributed by atoms with Gasteiger partial charge in [0.1, 0.15) is 0 Å². The highest BCUT2D eigenvalue weighted by molar-refractivity contribution is 6.30. The fourth-order valence-corrected chi connectivity index (χ4v) is 4.37. The van der Waals surface area contributed by atoms with Crippen molar-refractivity contribution >= 4 is 11.6 Å². The van der Waals surface area contributed by atoms with Crippen LogP contribution in [0.25, 0.3) is 0 Å².